The summed E-state index contributed by atoms with van der Waals surface area (Å²) in [4.78, 5) is 14.7. The van der Waals surface area contributed by atoms with Crippen molar-refractivity contribution in [1.82, 2.24) is 4.98 Å². The molecule has 1 heterocycles. The first-order valence-electron chi connectivity index (χ1n) is 4.53. The van der Waals surface area contributed by atoms with Gasteiger partial charge in [0.05, 0.1) is 7.11 Å². The van der Waals surface area contributed by atoms with Crippen molar-refractivity contribution in [3.8, 4) is 11.6 Å². The highest BCUT2D eigenvalue weighted by Crippen LogP contribution is 2.27. The molecular formula is C11H9NO4. The van der Waals surface area contributed by atoms with Gasteiger partial charge in [0, 0.05) is 5.39 Å². The summed E-state index contributed by atoms with van der Waals surface area (Å²) < 4.78 is 5.00. The number of carboxylic acid groups (broad SMARTS) is 1. The lowest BCUT2D eigenvalue weighted by atomic mass is 10.1. The zero-order valence-electron chi connectivity index (χ0n) is 8.47. The molecule has 0 radical (unpaired) electrons. The molecule has 2 N–H and O–H groups in total. The highest BCUT2D eigenvalue weighted by atomic mass is 16.5. The number of aromatic nitrogens is 1. The molecule has 5 heteroatoms. The molecule has 0 amide bonds. The van der Waals surface area contributed by atoms with E-state index in [0.29, 0.717) is 10.8 Å². The van der Waals surface area contributed by atoms with Crippen molar-refractivity contribution in [2.75, 3.05) is 7.11 Å². The van der Waals surface area contributed by atoms with Gasteiger partial charge in [0.25, 0.3) is 0 Å². The third-order valence-corrected chi connectivity index (χ3v) is 2.19. The van der Waals surface area contributed by atoms with Crippen LogP contribution in [0.15, 0.2) is 24.3 Å². The molecule has 0 aliphatic carbocycles. The molecule has 0 unspecified atom stereocenters. The Morgan fingerprint density at radius 1 is 1.38 bits per heavy atom. The number of phenols is 1. The van der Waals surface area contributed by atoms with Gasteiger partial charge in [0.2, 0.25) is 5.88 Å². The summed E-state index contributed by atoms with van der Waals surface area (Å²) >= 11 is 0. The number of hydrogen-bond acceptors (Lipinski definition) is 4. The number of rotatable bonds is 2. The first-order valence-corrected chi connectivity index (χ1v) is 4.53. The second-order valence-electron chi connectivity index (χ2n) is 3.23. The topological polar surface area (TPSA) is 79.7 Å². The number of fused-ring (bicyclic) bond motifs is 1. The first-order chi connectivity index (χ1) is 7.61. The highest BCUT2D eigenvalue weighted by molar-refractivity contribution is 5.95. The van der Waals surface area contributed by atoms with Crippen molar-refractivity contribution >= 4 is 16.7 Å². The molecule has 16 heavy (non-hydrogen) atoms. The van der Waals surface area contributed by atoms with E-state index in [1.807, 2.05) is 0 Å². The third-order valence-electron chi connectivity index (χ3n) is 2.19. The smallest absolute Gasteiger partial charge is 0.354 e. The highest BCUT2D eigenvalue weighted by Gasteiger charge is 2.11. The van der Waals surface area contributed by atoms with Crippen LogP contribution in [0, 0.1) is 0 Å². The number of carboxylic acids is 1. The van der Waals surface area contributed by atoms with E-state index in [2.05, 4.69) is 4.98 Å². The molecule has 1 aromatic heterocycles. The number of phenolic OH excluding ortho intramolecular Hbond substituents is 1. The second-order valence-corrected chi connectivity index (χ2v) is 3.23. The summed E-state index contributed by atoms with van der Waals surface area (Å²) in [6.45, 7) is 0. The van der Waals surface area contributed by atoms with Gasteiger partial charge in [-0.25, -0.2) is 9.78 Å². The zero-order valence-corrected chi connectivity index (χ0v) is 8.47. The number of hydrogen-bond donors (Lipinski definition) is 2. The van der Waals surface area contributed by atoms with Crippen LogP contribution < -0.4 is 4.74 Å². The van der Waals surface area contributed by atoms with E-state index in [1.165, 1.54) is 25.3 Å². The van der Waals surface area contributed by atoms with Crippen molar-refractivity contribution in [2.45, 2.75) is 0 Å². The molecule has 0 aliphatic rings. The van der Waals surface area contributed by atoms with Crippen LogP contribution in [0.3, 0.4) is 0 Å². The third kappa shape index (κ3) is 1.63. The molecule has 1 aromatic carbocycles. The molecule has 5 nitrogen and oxygen atoms in total. The molecule has 2 aromatic rings. The fourth-order valence-corrected chi connectivity index (χ4v) is 1.48. The normalized spacial score (nSPS) is 10.3. The summed E-state index contributed by atoms with van der Waals surface area (Å²) in [6.07, 6.45) is 0. The van der Waals surface area contributed by atoms with Gasteiger partial charge in [-0.15, -0.1) is 0 Å². The summed E-state index contributed by atoms with van der Waals surface area (Å²) in [6, 6.07) is 5.97. The van der Waals surface area contributed by atoms with E-state index in [1.54, 1.807) is 6.07 Å². The number of pyridine rings is 1. The fourth-order valence-electron chi connectivity index (χ4n) is 1.48. The van der Waals surface area contributed by atoms with Crippen molar-refractivity contribution in [1.29, 1.82) is 0 Å². The Balaban J connectivity index is 2.78. The van der Waals surface area contributed by atoms with Crippen LogP contribution >= 0.6 is 0 Å². The summed E-state index contributed by atoms with van der Waals surface area (Å²) in [5.74, 6) is -0.837. The number of aromatic carboxylic acids is 1. The zero-order chi connectivity index (χ0) is 11.7. The van der Waals surface area contributed by atoms with Crippen LogP contribution in [-0.4, -0.2) is 28.3 Å². The van der Waals surface area contributed by atoms with E-state index in [9.17, 15) is 9.90 Å². The van der Waals surface area contributed by atoms with Crippen molar-refractivity contribution in [2.24, 2.45) is 0 Å². The Morgan fingerprint density at radius 2 is 2.12 bits per heavy atom. The Bertz CT molecular complexity index is 565. The van der Waals surface area contributed by atoms with Gasteiger partial charge in [-0.05, 0) is 29.7 Å². The monoisotopic (exact) mass is 219 g/mol. The Kier molecular flexibility index (Phi) is 2.36. The SMILES string of the molecule is COc1nc(C(=O)O)cc2cc(O)ccc12. The maximum absolute atomic E-state index is 10.8. The Hall–Kier alpha value is -2.30. The largest absolute Gasteiger partial charge is 0.508 e. The van der Waals surface area contributed by atoms with E-state index >= 15 is 0 Å². The van der Waals surface area contributed by atoms with E-state index in [0.717, 1.165) is 0 Å². The molecule has 0 saturated heterocycles. The quantitative estimate of drug-likeness (QED) is 0.802. The Morgan fingerprint density at radius 3 is 2.75 bits per heavy atom. The van der Waals surface area contributed by atoms with Crippen LogP contribution in [0.5, 0.6) is 11.6 Å². The van der Waals surface area contributed by atoms with Gasteiger partial charge in [0.1, 0.15) is 5.75 Å². The lowest BCUT2D eigenvalue weighted by molar-refractivity contribution is 0.0690. The lowest BCUT2D eigenvalue weighted by Gasteiger charge is -2.06. The van der Waals surface area contributed by atoms with E-state index in [-0.39, 0.29) is 17.3 Å². The molecule has 0 atom stereocenters. The molecule has 0 aliphatic heterocycles. The van der Waals surface area contributed by atoms with Gasteiger partial charge in [-0.2, -0.15) is 0 Å². The Labute approximate surface area is 90.9 Å². The van der Waals surface area contributed by atoms with Crippen LogP contribution in [0.4, 0.5) is 0 Å². The summed E-state index contributed by atoms with van der Waals surface area (Å²) in [5, 5.41) is 19.4. The standard InChI is InChI=1S/C11H9NO4/c1-16-10-8-3-2-7(13)4-6(8)5-9(12-10)11(14)15/h2-5,13H,1H3,(H,14,15). The average Bonchev–Trinajstić information content (AvgIpc) is 2.26. The van der Waals surface area contributed by atoms with Gasteiger partial charge in [-0.1, -0.05) is 0 Å². The van der Waals surface area contributed by atoms with Gasteiger partial charge < -0.3 is 14.9 Å². The minimum absolute atomic E-state index is 0.0668. The summed E-state index contributed by atoms with van der Waals surface area (Å²) in [7, 11) is 1.42. The fraction of sp³-hybridized carbons (Fsp3) is 0.0909. The predicted molar refractivity (Wildman–Crippen MR) is 56.9 cm³/mol. The minimum atomic E-state index is -1.14. The number of methoxy groups -OCH3 is 1. The predicted octanol–water partition coefficient (Wildman–Crippen LogP) is 1.65. The van der Waals surface area contributed by atoms with Gasteiger partial charge in [0.15, 0.2) is 5.69 Å². The van der Waals surface area contributed by atoms with Crippen LogP contribution in [0.2, 0.25) is 0 Å². The van der Waals surface area contributed by atoms with Crippen molar-refractivity contribution in [3.63, 3.8) is 0 Å². The molecule has 82 valence electrons. The minimum Gasteiger partial charge on any atom is -0.508 e. The van der Waals surface area contributed by atoms with Gasteiger partial charge >= 0.3 is 5.97 Å². The van der Waals surface area contributed by atoms with Crippen LogP contribution in [0.1, 0.15) is 10.5 Å². The molecule has 0 spiro atoms. The number of aromatic hydroxyl groups is 1. The first kappa shape index (κ1) is 10.2. The number of ether oxygens (including phenoxy) is 1. The van der Waals surface area contributed by atoms with Crippen LogP contribution in [0.25, 0.3) is 10.8 Å². The van der Waals surface area contributed by atoms with E-state index in [4.69, 9.17) is 9.84 Å². The molecular weight excluding hydrogens is 210 g/mol. The second kappa shape index (κ2) is 3.69. The summed E-state index contributed by atoms with van der Waals surface area (Å²) in [5.41, 5.74) is -0.116. The number of nitrogens with zero attached hydrogens (tertiary/aromatic N) is 1. The molecule has 0 fully saturated rings. The molecule has 0 saturated carbocycles. The van der Waals surface area contributed by atoms with Crippen molar-refractivity contribution < 1.29 is 19.7 Å². The average molecular weight is 219 g/mol. The lowest BCUT2D eigenvalue weighted by Crippen LogP contribution is -2.02. The maximum Gasteiger partial charge on any atom is 0.354 e. The number of carbonyl (C=O) groups is 1. The van der Waals surface area contributed by atoms with Gasteiger partial charge in [-0.3, -0.25) is 0 Å². The van der Waals surface area contributed by atoms with Crippen LogP contribution in [-0.2, 0) is 0 Å². The number of benzene rings is 1. The van der Waals surface area contributed by atoms with E-state index < -0.39 is 5.97 Å². The molecule has 0 bridgehead atoms. The van der Waals surface area contributed by atoms with Crippen molar-refractivity contribution in [3.05, 3.63) is 30.0 Å². The molecule has 2 rings (SSSR count). The maximum atomic E-state index is 10.8.